The summed E-state index contributed by atoms with van der Waals surface area (Å²) in [7, 11) is 0. The van der Waals surface area contributed by atoms with Crippen molar-refractivity contribution in [3.05, 3.63) is 64.7 Å². The number of nitrogens with one attached hydrogen (secondary N) is 1. The van der Waals surface area contributed by atoms with E-state index in [9.17, 15) is 31.1 Å². The topological polar surface area (TPSA) is 133 Å². The van der Waals surface area contributed by atoms with Crippen LogP contribution in [-0.2, 0) is 20.9 Å². The summed E-state index contributed by atoms with van der Waals surface area (Å²) >= 11 is 6.17. The van der Waals surface area contributed by atoms with Crippen molar-refractivity contribution < 1.29 is 55.7 Å². The van der Waals surface area contributed by atoms with E-state index >= 15 is 0 Å². The maximum atomic E-state index is 12.9. The van der Waals surface area contributed by atoms with Gasteiger partial charge in [-0.2, -0.15) is 26.3 Å². The van der Waals surface area contributed by atoms with Crippen molar-refractivity contribution in [1.29, 1.82) is 0 Å². The predicted octanol–water partition coefficient (Wildman–Crippen LogP) is 4.65. The largest absolute Gasteiger partial charge is 0.490 e. The molecule has 4 rings (SSSR count). The Morgan fingerprint density at radius 3 is 2.02 bits per heavy atom. The van der Waals surface area contributed by atoms with Crippen LogP contribution >= 0.6 is 11.6 Å². The number of carbonyl (C=O) groups excluding carboxylic acids is 1. The fraction of sp³-hybridized carbons (Fsp3) is 0.333. The van der Waals surface area contributed by atoms with E-state index in [0.29, 0.717) is 23.1 Å². The fourth-order valence-corrected chi connectivity index (χ4v) is 3.56. The van der Waals surface area contributed by atoms with Crippen LogP contribution in [-0.4, -0.2) is 81.0 Å². The van der Waals surface area contributed by atoms with Crippen molar-refractivity contribution in [3.63, 3.8) is 0 Å². The van der Waals surface area contributed by atoms with E-state index in [1.807, 2.05) is 41.8 Å². The number of carboxylic acids is 2. The maximum absolute atomic E-state index is 12.9. The first-order valence-electron chi connectivity index (χ1n) is 11.4. The van der Waals surface area contributed by atoms with E-state index in [1.54, 1.807) is 12.1 Å². The number of hydrogen-bond donors (Lipinski definition) is 3. The van der Waals surface area contributed by atoms with Crippen molar-refractivity contribution in [1.82, 2.24) is 14.3 Å². The van der Waals surface area contributed by atoms with Gasteiger partial charge in [-0.15, -0.1) is 0 Å². The summed E-state index contributed by atoms with van der Waals surface area (Å²) < 4.78 is 70.8. The molecule has 1 aliphatic rings. The van der Waals surface area contributed by atoms with Crippen LogP contribution in [0.25, 0.3) is 5.52 Å². The van der Waals surface area contributed by atoms with Crippen LogP contribution in [0.15, 0.2) is 42.6 Å². The van der Waals surface area contributed by atoms with Crippen molar-refractivity contribution in [2.75, 3.05) is 31.6 Å². The molecule has 224 valence electrons. The molecular formula is C24H23ClF6N4O6. The smallest absolute Gasteiger partial charge is 0.475 e. The number of aliphatic carboxylic acids is 2. The van der Waals surface area contributed by atoms with Crippen LogP contribution in [0.4, 0.5) is 32.0 Å². The Hall–Kier alpha value is -3.89. The highest BCUT2D eigenvalue weighted by Crippen LogP contribution is 2.23. The van der Waals surface area contributed by atoms with Crippen molar-refractivity contribution in [3.8, 4) is 0 Å². The number of ether oxygens (including phenoxy) is 1. The average molecular weight is 613 g/mol. The van der Waals surface area contributed by atoms with Crippen LogP contribution in [0.3, 0.4) is 0 Å². The number of benzene rings is 1. The third-order valence-corrected chi connectivity index (χ3v) is 5.55. The minimum atomic E-state index is -5.08. The number of anilines is 1. The molecule has 0 atom stereocenters. The Bertz CT molecular complexity index is 1350. The molecule has 2 aromatic heterocycles. The summed E-state index contributed by atoms with van der Waals surface area (Å²) in [5, 5.41) is 17.6. The second kappa shape index (κ2) is 14.1. The monoisotopic (exact) mass is 612 g/mol. The number of fused-ring (bicyclic) bond motifs is 1. The Balaban J connectivity index is 0.000000349. The zero-order chi connectivity index (χ0) is 31.0. The molecule has 1 amide bonds. The highest BCUT2D eigenvalue weighted by molar-refractivity contribution is 6.33. The summed E-state index contributed by atoms with van der Waals surface area (Å²) in [5.74, 6) is -5.44. The van der Waals surface area contributed by atoms with E-state index in [0.717, 1.165) is 43.1 Å². The number of para-hydroxylation sites is 1. The number of rotatable bonds is 4. The Morgan fingerprint density at radius 1 is 0.976 bits per heavy atom. The maximum Gasteiger partial charge on any atom is 0.490 e. The quantitative estimate of drug-likeness (QED) is 0.363. The van der Waals surface area contributed by atoms with Gasteiger partial charge in [-0.25, -0.2) is 14.6 Å². The molecule has 0 bridgehead atoms. The number of aromatic nitrogens is 2. The summed E-state index contributed by atoms with van der Waals surface area (Å²) in [5.41, 5.74) is 3.54. The van der Waals surface area contributed by atoms with Crippen LogP contribution in [0.5, 0.6) is 0 Å². The van der Waals surface area contributed by atoms with Gasteiger partial charge < -0.3 is 20.3 Å². The van der Waals surface area contributed by atoms with Crippen LogP contribution in [0, 0.1) is 6.92 Å². The third-order valence-electron chi connectivity index (χ3n) is 5.23. The first-order valence-corrected chi connectivity index (χ1v) is 11.8. The van der Waals surface area contributed by atoms with Crippen LogP contribution < -0.4 is 5.32 Å². The molecule has 1 aliphatic heterocycles. The molecule has 0 unspecified atom stereocenters. The van der Waals surface area contributed by atoms with Gasteiger partial charge in [0.05, 0.1) is 35.1 Å². The van der Waals surface area contributed by atoms with Gasteiger partial charge in [-0.05, 0) is 30.7 Å². The molecule has 3 aromatic rings. The van der Waals surface area contributed by atoms with Gasteiger partial charge in [0.1, 0.15) is 0 Å². The normalized spacial score (nSPS) is 13.9. The number of aryl methyl sites for hydroxylation is 1. The molecule has 0 saturated carbocycles. The summed E-state index contributed by atoms with van der Waals surface area (Å²) in [6.45, 7) is 5.92. The second-order valence-electron chi connectivity index (χ2n) is 8.22. The molecular weight excluding hydrogens is 590 g/mol. The van der Waals surface area contributed by atoms with E-state index in [1.165, 1.54) is 0 Å². The standard InChI is InChI=1S/C20H21ClN4O2.2C2HF3O2/c1-14-5-4-8-25-18(14)17(13-24-9-11-27-12-10-24)22-19(25)20(26)23-16-7-3-2-6-15(16)21;2*3-2(4,5)1(6)7/h2-8H,9-13H2,1H3,(H,23,26);2*(H,6,7). The lowest BCUT2D eigenvalue weighted by molar-refractivity contribution is -0.193. The van der Waals surface area contributed by atoms with Crippen LogP contribution in [0.2, 0.25) is 5.02 Å². The Labute approximate surface area is 233 Å². The van der Waals surface area contributed by atoms with Gasteiger partial charge >= 0.3 is 24.3 Å². The lowest BCUT2D eigenvalue weighted by Crippen LogP contribution is -2.35. The number of pyridine rings is 1. The number of amides is 1. The summed E-state index contributed by atoms with van der Waals surface area (Å²) in [6, 6.07) is 11.1. The van der Waals surface area contributed by atoms with Gasteiger partial charge in [-0.1, -0.05) is 29.8 Å². The van der Waals surface area contributed by atoms with Crippen molar-refractivity contribution >= 4 is 40.7 Å². The number of halogens is 7. The molecule has 0 radical (unpaired) electrons. The fourth-order valence-electron chi connectivity index (χ4n) is 3.38. The second-order valence-corrected chi connectivity index (χ2v) is 8.63. The van der Waals surface area contributed by atoms with E-state index < -0.39 is 24.3 Å². The van der Waals surface area contributed by atoms with E-state index in [2.05, 4.69) is 10.2 Å². The molecule has 0 aliphatic carbocycles. The van der Waals surface area contributed by atoms with Crippen molar-refractivity contribution in [2.24, 2.45) is 0 Å². The predicted molar refractivity (Wildman–Crippen MR) is 133 cm³/mol. The Morgan fingerprint density at radius 2 is 1.51 bits per heavy atom. The lowest BCUT2D eigenvalue weighted by Gasteiger charge is -2.25. The van der Waals surface area contributed by atoms with Gasteiger partial charge in [0.2, 0.25) is 5.82 Å². The first-order chi connectivity index (χ1) is 19.0. The summed E-state index contributed by atoms with van der Waals surface area (Å²) in [4.78, 5) is 37.7. The number of imidazole rings is 1. The first kappa shape index (κ1) is 33.3. The molecule has 17 heteroatoms. The SMILES string of the molecule is Cc1cccn2c(C(=O)Nc3ccccc3Cl)nc(CN3CCOCC3)c12.O=C(O)C(F)(F)F.O=C(O)C(F)(F)F. The number of carbonyl (C=O) groups is 3. The van der Waals surface area contributed by atoms with Crippen LogP contribution in [0.1, 0.15) is 21.9 Å². The third kappa shape index (κ3) is 9.91. The molecule has 10 nitrogen and oxygen atoms in total. The minimum Gasteiger partial charge on any atom is -0.475 e. The number of carboxylic acid groups (broad SMARTS) is 2. The molecule has 3 heterocycles. The lowest BCUT2D eigenvalue weighted by atomic mass is 10.2. The summed E-state index contributed by atoms with van der Waals surface area (Å²) in [6.07, 6.45) is -8.29. The Kier molecular flexibility index (Phi) is 11.5. The molecule has 1 fully saturated rings. The average Bonchev–Trinajstić information content (AvgIpc) is 3.25. The van der Waals surface area contributed by atoms with Gasteiger partial charge in [0, 0.05) is 25.8 Å². The van der Waals surface area contributed by atoms with Gasteiger partial charge in [0.25, 0.3) is 5.91 Å². The van der Waals surface area contributed by atoms with Gasteiger partial charge in [-0.3, -0.25) is 14.1 Å². The molecule has 0 spiro atoms. The zero-order valence-electron chi connectivity index (χ0n) is 21.1. The minimum absolute atomic E-state index is 0.281. The number of nitrogens with zero attached hydrogens (tertiary/aromatic N) is 3. The molecule has 1 saturated heterocycles. The highest BCUT2D eigenvalue weighted by atomic mass is 35.5. The highest BCUT2D eigenvalue weighted by Gasteiger charge is 2.38. The van der Waals surface area contributed by atoms with E-state index in [4.69, 9.17) is 41.1 Å². The molecule has 1 aromatic carbocycles. The zero-order valence-corrected chi connectivity index (χ0v) is 21.8. The van der Waals surface area contributed by atoms with Gasteiger partial charge in [0.15, 0.2) is 0 Å². The van der Waals surface area contributed by atoms with E-state index in [-0.39, 0.29) is 5.91 Å². The van der Waals surface area contributed by atoms with Crippen molar-refractivity contribution in [2.45, 2.75) is 25.8 Å². The number of alkyl halides is 6. The molecule has 3 N–H and O–H groups in total. The number of hydrogen-bond acceptors (Lipinski definition) is 6. The number of morpholine rings is 1. The molecule has 41 heavy (non-hydrogen) atoms.